The Hall–Kier alpha value is -2.24. The molecule has 25 heavy (non-hydrogen) atoms. The van der Waals surface area contributed by atoms with Gasteiger partial charge in [-0.2, -0.15) is 0 Å². The number of hydrogen-bond donors (Lipinski definition) is 1. The van der Waals surface area contributed by atoms with E-state index in [-0.39, 0.29) is 5.97 Å². The highest BCUT2D eigenvalue weighted by Gasteiger charge is 2.25. The lowest BCUT2D eigenvalue weighted by molar-refractivity contribution is -0.143. The molecule has 0 radical (unpaired) electrons. The van der Waals surface area contributed by atoms with Crippen LogP contribution in [0.4, 0.5) is 0 Å². The molecule has 1 saturated heterocycles. The normalized spacial score (nSPS) is 17.5. The Morgan fingerprint density at radius 3 is 2.76 bits per heavy atom. The number of benzene rings is 1. The third-order valence-electron chi connectivity index (χ3n) is 4.43. The minimum absolute atomic E-state index is 0.139. The van der Waals surface area contributed by atoms with Gasteiger partial charge in [-0.05, 0) is 37.5 Å². The van der Waals surface area contributed by atoms with Crippen molar-refractivity contribution in [3.05, 3.63) is 29.8 Å². The number of guanidine groups is 1. The first kappa shape index (κ1) is 19.1. The molecule has 138 valence electrons. The summed E-state index contributed by atoms with van der Waals surface area (Å²) in [5, 5.41) is 3.35. The molecule has 6 nitrogen and oxygen atoms in total. The van der Waals surface area contributed by atoms with Crippen LogP contribution in [0.2, 0.25) is 0 Å². The van der Waals surface area contributed by atoms with Crippen LogP contribution in [-0.2, 0) is 9.53 Å². The van der Waals surface area contributed by atoms with E-state index in [1.54, 1.807) is 14.2 Å². The van der Waals surface area contributed by atoms with Gasteiger partial charge in [-0.15, -0.1) is 0 Å². The van der Waals surface area contributed by atoms with Gasteiger partial charge in [-0.1, -0.05) is 12.1 Å². The third kappa shape index (κ3) is 5.66. The molecule has 0 aliphatic carbocycles. The average molecular weight is 347 g/mol. The molecular weight excluding hydrogens is 318 g/mol. The van der Waals surface area contributed by atoms with Crippen LogP contribution in [0.25, 0.3) is 0 Å². The SMILES string of the molecule is CCOC(=O)CCCNC(=NC)N1CCC(c2ccc(OC)cc2)C1. The van der Waals surface area contributed by atoms with Crippen LogP contribution in [-0.4, -0.2) is 57.2 Å². The van der Waals surface area contributed by atoms with Crippen LogP contribution < -0.4 is 10.1 Å². The van der Waals surface area contributed by atoms with Gasteiger partial charge in [0.1, 0.15) is 5.75 Å². The molecule has 1 heterocycles. The summed E-state index contributed by atoms with van der Waals surface area (Å²) in [6.07, 6.45) is 2.29. The molecule has 1 fully saturated rings. The van der Waals surface area contributed by atoms with Crippen LogP contribution in [0.1, 0.15) is 37.7 Å². The lowest BCUT2D eigenvalue weighted by Gasteiger charge is -2.21. The van der Waals surface area contributed by atoms with Crippen molar-refractivity contribution in [2.24, 2.45) is 4.99 Å². The molecule has 1 aliphatic rings. The number of nitrogens with zero attached hydrogens (tertiary/aromatic N) is 2. The first-order valence-electron chi connectivity index (χ1n) is 8.93. The molecule has 0 bridgehead atoms. The second kappa shape index (κ2) is 9.91. The fraction of sp³-hybridized carbons (Fsp3) is 0.579. The smallest absolute Gasteiger partial charge is 0.305 e. The van der Waals surface area contributed by atoms with Crippen molar-refractivity contribution in [3.8, 4) is 5.75 Å². The van der Waals surface area contributed by atoms with E-state index < -0.39 is 0 Å². The molecule has 2 rings (SSSR count). The van der Waals surface area contributed by atoms with Crippen molar-refractivity contribution in [2.75, 3.05) is 40.4 Å². The van der Waals surface area contributed by atoms with E-state index in [1.165, 1.54) is 5.56 Å². The molecule has 1 unspecified atom stereocenters. The number of carbonyl (C=O) groups excluding carboxylic acids is 1. The minimum atomic E-state index is -0.139. The lowest BCUT2D eigenvalue weighted by Crippen LogP contribution is -2.40. The largest absolute Gasteiger partial charge is 0.497 e. The molecule has 1 N–H and O–H groups in total. The summed E-state index contributed by atoms with van der Waals surface area (Å²) in [6, 6.07) is 8.31. The Morgan fingerprint density at radius 1 is 1.36 bits per heavy atom. The highest BCUT2D eigenvalue weighted by Crippen LogP contribution is 2.28. The number of aliphatic imine (C=N–C) groups is 1. The van der Waals surface area contributed by atoms with E-state index >= 15 is 0 Å². The standard InChI is InChI=1S/C19H29N3O3/c1-4-25-18(23)6-5-12-21-19(20-2)22-13-11-16(14-22)15-7-9-17(24-3)10-8-15/h7-10,16H,4-6,11-14H2,1-3H3,(H,20,21). The van der Waals surface area contributed by atoms with E-state index in [2.05, 4.69) is 27.3 Å². The van der Waals surface area contributed by atoms with Crippen LogP contribution in [0.5, 0.6) is 5.75 Å². The van der Waals surface area contributed by atoms with Gasteiger partial charge in [0.25, 0.3) is 0 Å². The van der Waals surface area contributed by atoms with Gasteiger partial charge in [0.15, 0.2) is 5.96 Å². The van der Waals surface area contributed by atoms with E-state index in [0.29, 0.717) is 18.9 Å². The van der Waals surface area contributed by atoms with Crippen molar-refractivity contribution in [1.82, 2.24) is 10.2 Å². The summed E-state index contributed by atoms with van der Waals surface area (Å²) in [5.74, 6) is 2.15. The molecular formula is C19H29N3O3. The third-order valence-corrected chi connectivity index (χ3v) is 4.43. The van der Waals surface area contributed by atoms with Gasteiger partial charge in [-0.25, -0.2) is 0 Å². The Balaban J connectivity index is 1.79. The fourth-order valence-electron chi connectivity index (χ4n) is 3.10. The lowest BCUT2D eigenvalue weighted by atomic mass is 9.98. The van der Waals surface area contributed by atoms with Crippen molar-refractivity contribution in [1.29, 1.82) is 0 Å². The molecule has 0 spiro atoms. The van der Waals surface area contributed by atoms with Crippen molar-refractivity contribution < 1.29 is 14.3 Å². The quantitative estimate of drug-likeness (QED) is 0.355. The Morgan fingerprint density at radius 2 is 2.12 bits per heavy atom. The molecule has 1 aliphatic heterocycles. The van der Waals surface area contributed by atoms with Crippen molar-refractivity contribution in [2.45, 2.75) is 32.1 Å². The van der Waals surface area contributed by atoms with Crippen molar-refractivity contribution in [3.63, 3.8) is 0 Å². The molecule has 1 aromatic rings. The summed E-state index contributed by atoms with van der Waals surface area (Å²) in [5.41, 5.74) is 1.33. The maximum absolute atomic E-state index is 11.4. The zero-order valence-electron chi connectivity index (χ0n) is 15.5. The van der Waals surface area contributed by atoms with Crippen LogP contribution in [0.15, 0.2) is 29.3 Å². The average Bonchev–Trinajstić information content (AvgIpc) is 3.12. The second-order valence-corrected chi connectivity index (χ2v) is 6.09. The summed E-state index contributed by atoms with van der Waals surface area (Å²) < 4.78 is 10.2. The maximum atomic E-state index is 11.4. The topological polar surface area (TPSA) is 63.2 Å². The number of likely N-dealkylation sites (tertiary alicyclic amines) is 1. The molecule has 1 aromatic carbocycles. The predicted octanol–water partition coefficient (Wildman–Crippen LogP) is 2.40. The number of carbonyl (C=O) groups is 1. The number of nitrogens with one attached hydrogen (secondary N) is 1. The molecule has 1 atom stereocenters. The zero-order valence-corrected chi connectivity index (χ0v) is 15.5. The number of hydrogen-bond acceptors (Lipinski definition) is 4. The van der Waals surface area contributed by atoms with Gasteiger partial charge < -0.3 is 19.7 Å². The number of esters is 1. The summed E-state index contributed by atoms with van der Waals surface area (Å²) in [4.78, 5) is 18.0. The van der Waals surface area contributed by atoms with E-state index in [4.69, 9.17) is 9.47 Å². The van der Waals surface area contributed by atoms with E-state index in [9.17, 15) is 4.79 Å². The Bertz CT molecular complexity index is 572. The monoisotopic (exact) mass is 347 g/mol. The molecule has 0 amide bonds. The second-order valence-electron chi connectivity index (χ2n) is 6.09. The highest BCUT2D eigenvalue weighted by molar-refractivity contribution is 5.80. The summed E-state index contributed by atoms with van der Waals surface area (Å²) >= 11 is 0. The Labute approximate surface area is 150 Å². The van der Waals surface area contributed by atoms with Crippen molar-refractivity contribution >= 4 is 11.9 Å². The van der Waals surface area contributed by atoms with Gasteiger partial charge in [0.05, 0.1) is 13.7 Å². The summed E-state index contributed by atoms with van der Waals surface area (Å²) in [6.45, 7) is 4.91. The van der Waals surface area contributed by atoms with Gasteiger partial charge in [0, 0.05) is 39.0 Å². The zero-order chi connectivity index (χ0) is 18.1. The predicted molar refractivity (Wildman–Crippen MR) is 99.2 cm³/mol. The van der Waals surface area contributed by atoms with Gasteiger partial charge in [-0.3, -0.25) is 9.79 Å². The number of ether oxygens (including phenoxy) is 2. The molecule has 6 heteroatoms. The van der Waals surface area contributed by atoms with Gasteiger partial charge in [0.2, 0.25) is 0 Å². The van der Waals surface area contributed by atoms with E-state index in [1.807, 2.05) is 19.1 Å². The minimum Gasteiger partial charge on any atom is -0.497 e. The van der Waals surface area contributed by atoms with Crippen LogP contribution >= 0.6 is 0 Å². The molecule has 0 saturated carbocycles. The maximum Gasteiger partial charge on any atom is 0.305 e. The number of methoxy groups -OCH3 is 1. The summed E-state index contributed by atoms with van der Waals surface area (Å²) in [7, 11) is 3.48. The van der Waals surface area contributed by atoms with Crippen LogP contribution in [0.3, 0.4) is 0 Å². The number of rotatable bonds is 7. The van der Waals surface area contributed by atoms with Crippen LogP contribution in [0, 0.1) is 0 Å². The fourth-order valence-corrected chi connectivity index (χ4v) is 3.10. The first-order chi connectivity index (χ1) is 12.2. The first-order valence-corrected chi connectivity index (χ1v) is 8.93. The Kier molecular flexibility index (Phi) is 7.57. The van der Waals surface area contributed by atoms with Gasteiger partial charge >= 0.3 is 5.97 Å². The molecule has 0 aromatic heterocycles. The van der Waals surface area contributed by atoms with E-state index in [0.717, 1.165) is 44.2 Å². The highest BCUT2D eigenvalue weighted by atomic mass is 16.5.